The van der Waals surface area contributed by atoms with Crippen LogP contribution in [0.4, 0.5) is 0 Å². The third-order valence-electron chi connectivity index (χ3n) is 7.30. The van der Waals surface area contributed by atoms with Crippen molar-refractivity contribution in [1.29, 1.82) is 0 Å². The molecule has 0 amide bonds. The van der Waals surface area contributed by atoms with Gasteiger partial charge in [-0.2, -0.15) is 0 Å². The number of hydrogen-bond donors (Lipinski definition) is 2. The maximum atomic E-state index is 14.4. The van der Waals surface area contributed by atoms with Crippen LogP contribution in [-0.4, -0.2) is 44.6 Å². The summed E-state index contributed by atoms with van der Waals surface area (Å²) in [6, 6.07) is 22.3. The predicted molar refractivity (Wildman–Crippen MR) is 148 cm³/mol. The summed E-state index contributed by atoms with van der Waals surface area (Å²) in [6.45, 7) is 0. The van der Waals surface area contributed by atoms with E-state index in [4.69, 9.17) is 23.7 Å². The molecule has 0 fully saturated rings. The maximum Gasteiger partial charge on any atom is 0.326 e. The number of carbonyl (C=O) groups excluding carboxylic acids is 1. The molecule has 0 bridgehead atoms. The Morgan fingerprint density at radius 1 is 0.700 bits per heavy atom. The van der Waals surface area contributed by atoms with Crippen molar-refractivity contribution >= 4 is 5.97 Å². The molecule has 1 aliphatic rings. The lowest BCUT2D eigenvalue weighted by molar-refractivity contribution is -0.155. The summed E-state index contributed by atoms with van der Waals surface area (Å²) in [5, 5.41) is 22.0. The van der Waals surface area contributed by atoms with Crippen LogP contribution in [0.15, 0.2) is 78.9 Å². The number of methoxy groups -OCH3 is 4. The first-order chi connectivity index (χ1) is 19.3. The largest absolute Gasteiger partial charge is 0.508 e. The third-order valence-corrected chi connectivity index (χ3v) is 7.30. The summed E-state index contributed by atoms with van der Waals surface area (Å²) >= 11 is 0. The molecular weight excluding hydrogens is 512 g/mol. The van der Waals surface area contributed by atoms with Crippen molar-refractivity contribution in [3.8, 4) is 34.5 Å². The van der Waals surface area contributed by atoms with Crippen molar-refractivity contribution in [1.82, 2.24) is 0 Å². The van der Waals surface area contributed by atoms with Crippen molar-refractivity contribution in [3.63, 3.8) is 0 Å². The van der Waals surface area contributed by atoms with E-state index in [9.17, 15) is 15.0 Å². The minimum absolute atomic E-state index is 0.152. The van der Waals surface area contributed by atoms with Crippen LogP contribution in [-0.2, 0) is 21.4 Å². The molecule has 8 nitrogen and oxygen atoms in total. The van der Waals surface area contributed by atoms with Gasteiger partial charge in [0.15, 0.2) is 0 Å². The van der Waals surface area contributed by atoms with Crippen LogP contribution in [0, 0.1) is 0 Å². The quantitative estimate of drug-likeness (QED) is 0.289. The van der Waals surface area contributed by atoms with Gasteiger partial charge in [0.25, 0.3) is 0 Å². The topological polar surface area (TPSA) is 104 Å². The highest BCUT2D eigenvalue weighted by Gasteiger charge is 2.53. The third kappa shape index (κ3) is 4.51. The average Bonchev–Trinajstić information content (AvgIpc) is 2.98. The summed E-state index contributed by atoms with van der Waals surface area (Å²) < 4.78 is 27.9. The number of aromatic hydroxyl groups is 2. The van der Waals surface area contributed by atoms with Crippen LogP contribution in [0.2, 0.25) is 0 Å². The highest BCUT2D eigenvalue weighted by molar-refractivity contribution is 5.96. The van der Waals surface area contributed by atoms with Gasteiger partial charge in [0.05, 0.1) is 28.4 Å². The Bertz CT molecular complexity index is 1510. The maximum absolute atomic E-state index is 14.4. The molecule has 206 valence electrons. The fourth-order valence-electron chi connectivity index (χ4n) is 5.36. The van der Waals surface area contributed by atoms with Gasteiger partial charge in [-0.15, -0.1) is 0 Å². The number of hydrogen-bond acceptors (Lipinski definition) is 8. The van der Waals surface area contributed by atoms with Crippen molar-refractivity contribution in [2.45, 2.75) is 17.9 Å². The first kappa shape index (κ1) is 26.7. The Hall–Kier alpha value is -4.85. The van der Waals surface area contributed by atoms with Crippen molar-refractivity contribution in [3.05, 3.63) is 107 Å². The summed E-state index contributed by atoms with van der Waals surface area (Å²) in [6.07, 6.45) is -0.473. The second-order valence-corrected chi connectivity index (χ2v) is 9.46. The Labute approximate surface area is 232 Å². The van der Waals surface area contributed by atoms with E-state index in [0.29, 0.717) is 51.7 Å². The molecule has 0 saturated heterocycles. The lowest BCUT2D eigenvalue weighted by Gasteiger charge is -2.41. The fourth-order valence-corrected chi connectivity index (χ4v) is 5.36. The van der Waals surface area contributed by atoms with Crippen molar-refractivity contribution < 1.29 is 38.7 Å². The van der Waals surface area contributed by atoms with Gasteiger partial charge in [0, 0.05) is 29.7 Å². The zero-order valence-corrected chi connectivity index (χ0v) is 22.6. The molecular formula is C32H30O8. The van der Waals surface area contributed by atoms with Gasteiger partial charge in [-0.05, 0) is 59.2 Å². The van der Waals surface area contributed by atoms with Gasteiger partial charge in [0.2, 0.25) is 0 Å². The molecule has 0 saturated carbocycles. The molecule has 40 heavy (non-hydrogen) atoms. The predicted octanol–water partition coefficient (Wildman–Crippen LogP) is 5.31. The normalized spacial score (nSPS) is 17.9. The summed E-state index contributed by atoms with van der Waals surface area (Å²) in [5.41, 5.74) is 1.03. The first-order valence-electron chi connectivity index (χ1n) is 12.6. The SMILES string of the molecule is COc1ccc(C[C@H]2OC(=O)C(c3ccc(OC)cc3)(c3cc(OC)cc(OC)c3)c3c(O)cc(O)cc32)cc1. The Morgan fingerprint density at radius 3 is 1.80 bits per heavy atom. The highest BCUT2D eigenvalue weighted by atomic mass is 16.5. The molecule has 4 aromatic rings. The average molecular weight is 543 g/mol. The van der Waals surface area contributed by atoms with Gasteiger partial charge >= 0.3 is 5.97 Å². The zero-order valence-electron chi connectivity index (χ0n) is 22.6. The van der Waals surface area contributed by atoms with Gasteiger partial charge in [-0.25, -0.2) is 0 Å². The van der Waals surface area contributed by atoms with E-state index in [1.165, 1.54) is 26.4 Å². The first-order valence-corrected chi connectivity index (χ1v) is 12.6. The lowest BCUT2D eigenvalue weighted by Crippen LogP contribution is -2.45. The lowest BCUT2D eigenvalue weighted by atomic mass is 9.65. The highest BCUT2D eigenvalue weighted by Crippen LogP contribution is 2.53. The van der Waals surface area contributed by atoms with Crippen LogP contribution in [0.1, 0.15) is 33.9 Å². The number of esters is 1. The number of rotatable bonds is 8. The van der Waals surface area contributed by atoms with Crippen LogP contribution in [0.3, 0.4) is 0 Å². The van der Waals surface area contributed by atoms with E-state index in [0.717, 1.165) is 5.56 Å². The molecule has 1 heterocycles. The number of benzene rings is 4. The molecule has 8 heteroatoms. The van der Waals surface area contributed by atoms with E-state index < -0.39 is 17.5 Å². The van der Waals surface area contributed by atoms with E-state index in [-0.39, 0.29) is 11.5 Å². The second-order valence-electron chi connectivity index (χ2n) is 9.46. The molecule has 2 atom stereocenters. The Morgan fingerprint density at radius 2 is 1.25 bits per heavy atom. The number of fused-ring (bicyclic) bond motifs is 1. The molecule has 5 rings (SSSR count). The smallest absolute Gasteiger partial charge is 0.326 e. The molecule has 0 radical (unpaired) electrons. The fraction of sp³-hybridized carbons (Fsp3) is 0.219. The number of phenols is 2. The summed E-state index contributed by atoms with van der Waals surface area (Å²) in [7, 11) is 6.19. The monoisotopic (exact) mass is 542 g/mol. The van der Waals surface area contributed by atoms with Crippen LogP contribution >= 0.6 is 0 Å². The molecule has 1 unspecified atom stereocenters. The Balaban J connectivity index is 1.79. The number of phenolic OH excluding ortho intramolecular Hbond substituents is 2. The number of ether oxygens (including phenoxy) is 5. The van der Waals surface area contributed by atoms with E-state index in [1.807, 2.05) is 24.3 Å². The van der Waals surface area contributed by atoms with Gasteiger partial charge in [-0.1, -0.05) is 24.3 Å². The summed E-state index contributed by atoms with van der Waals surface area (Å²) in [5.74, 6) is 1.21. The molecule has 4 aromatic carbocycles. The molecule has 0 aromatic heterocycles. The van der Waals surface area contributed by atoms with Crippen LogP contribution in [0.25, 0.3) is 0 Å². The van der Waals surface area contributed by atoms with E-state index in [1.54, 1.807) is 56.7 Å². The number of carbonyl (C=O) groups is 1. The van der Waals surface area contributed by atoms with E-state index >= 15 is 0 Å². The van der Waals surface area contributed by atoms with Gasteiger partial charge < -0.3 is 33.9 Å². The number of cyclic esters (lactones) is 1. The van der Waals surface area contributed by atoms with Gasteiger partial charge in [0.1, 0.15) is 46.0 Å². The standard InChI is InChI=1S/C32H30O8/c1-36-23-9-5-19(6-10-23)13-29-27-16-22(33)17-28(34)30(27)32(31(35)40-29,20-7-11-24(37-2)12-8-20)21-14-25(38-3)18-26(15-21)39-4/h5-12,14-18,29,33-34H,13H2,1-4H3/t29-,32?/m1/s1. The zero-order chi connectivity index (χ0) is 28.4. The molecule has 2 N–H and O–H groups in total. The van der Waals surface area contributed by atoms with Crippen LogP contribution in [0.5, 0.6) is 34.5 Å². The van der Waals surface area contributed by atoms with Gasteiger partial charge in [-0.3, -0.25) is 4.79 Å². The van der Waals surface area contributed by atoms with Crippen molar-refractivity contribution in [2.24, 2.45) is 0 Å². The van der Waals surface area contributed by atoms with Crippen molar-refractivity contribution in [2.75, 3.05) is 28.4 Å². The summed E-state index contributed by atoms with van der Waals surface area (Å²) in [4.78, 5) is 14.4. The molecule has 0 aliphatic carbocycles. The molecule has 0 spiro atoms. The minimum Gasteiger partial charge on any atom is -0.508 e. The molecule has 1 aliphatic heterocycles. The van der Waals surface area contributed by atoms with Crippen LogP contribution < -0.4 is 18.9 Å². The van der Waals surface area contributed by atoms with E-state index in [2.05, 4.69) is 0 Å². The Kier molecular flexibility index (Phi) is 7.17. The second kappa shape index (κ2) is 10.7. The minimum atomic E-state index is -1.63.